The summed E-state index contributed by atoms with van der Waals surface area (Å²) in [6.07, 6.45) is 7.20. The van der Waals surface area contributed by atoms with Crippen LogP contribution >= 0.6 is 0 Å². The summed E-state index contributed by atoms with van der Waals surface area (Å²) in [5.74, 6) is 3.27. The van der Waals surface area contributed by atoms with E-state index in [2.05, 4.69) is 146 Å². The molecule has 64 heavy (non-hydrogen) atoms. The largest absolute Gasteiger partial charge is 0.497 e. The topological polar surface area (TPSA) is 43.4 Å². The van der Waals surface area contributed by atoms with Gasteiger partial charge in [0, 0.05) is 28.1 Å². The highest BCUT2D eigenvalue weighted by atomic mass is 16.5. The molecule has 1 aliphatic rings. The second kappa shape index (κ2) is 15.0. The molecule has 1 atom stereocenters. The van der Waals surface area contributed by atoms with Crippen LogP contribution in [0.2, 0.25) is 0 Å². The lowest BCUT2D eigenvalue weighted by molar-refractivity contribution is 0.414. The summed E-state index contributed by atoms with van der Waals surface area (Å²) in [6.45, 7) is 6.98. The van der Waals surface area contributed by atoms with E-state index >= 15 is 0 Å². The van der Waals surface area contributed by atoms with Crippen LogP contribution in [0.4, 0.5) is 28.4 Å². The van der Waals surface area contributed by atoms with Gasteiger partial charge in [0.15, 0.2) is 0 Å². The fraction of sp³-hybridized carbons (Fsp3) is 0.138. The van der Waals surface area contributed by atoms with Crippen molar-refractivity contribution in [3.05, 3.63) is 174 Å². The Kier molecular flexibility index (Phi) is 9.17. The molecule has 0 heterocycles. The van der Waals surface area contributed by atoms with E-state index in [1.165, 1.54) is 75.8 Å². The Morgan fingerprint density at radius 1 is 0.406 bits per heavy atom. The molecule has 0 saturated heterocycles. The number of ether oxygens (including phenoxy) is 4. The van der Waals surface area contributed by atoms with Gasteiger partial charge in [0.25, 0.3) is 0 Å². The molecule has 0 amide bonds. The van der Waals surface area contributed by atoms with Gasteiger partial charge in [-0.3, -0.25) is 0 Å². The number of hydrogen-bond donors (Lipinski definition) is 0. The number of rotatable bonds is 10. The number of fused-ring (bicyclic) bond motifs is 6. The van der Waals surface area contributed by atoms with Crippen molar-refractivity contribution < 1.29 is 18.9 Å². The zero-order chi connectivity index (χ0) is 43.9. The molecule has 1 unspecified atom stereocenters. The first-order valence-corrected chi connectivity index (χ1v) is 21.7. The molecule has 314 valence electrons. The third-order valence-electron chi connectivity index (χ3n) is 13.5. The van der Waals surface area contributed by atoms with Crippen molar-refractivity contribution in [3.63, 3.8) is 0 Å². The summed E-state index contributed by atoms with van der Waals surface area (Å²) in [7, 11) is 6.82. The van der Waals surface area contributed by atoms with Crippen LogP contribution in [0.5, 0.6) is 23.0 Å². The van der Waals surface area contributed by atoms with Crippen molar-refractivity contribution in [1.82, 2.24) is 0 Å². The predicted molar refractivity (Wildman–Crippen MR) is 268 cm³/mol. The highest BCUT2D eigenvalue weighted by molar-refractivity contribution is 6.38. The minimum atomic E-state index is -0.548. The maximum Gasteiger partial charge on any atom is 0.119 e. The summed E-state index contributed by atoms with van der Waals surface area (Å²) < 4.78 is 22.3. The molecule has 1 aliphatic carbocycles. The fourth-order valence-corrected chi connectivity index (χ4v) is 10.7. The van der Waals surface area contributed by atoms with Crippen LogP contribution in [0.3, 0.4) is 0 Å². The van der Waals surface area contributed by atoms with E-state index in [0.29, 0.717) is 0 Å². The van der Waals surface area contributed by atoms with Gasteiger partial charge in [-0.2, -0.15) is 0 Å². The number of methoxy groups -OCH3 is 4. The molecule has 6 nitrogen and oxygen atoms in total. The molecular formula is C58H48N2O4. The standard InChI is InChI=1S/C58H48N2O4/c1-35-52-47-12-8-10-37-34-58(3,60(40-18-26-44(63-6)27-19-40)41-20-28-45(64-7)29-21-41)33-32-50(56(37)47)55(52)36(2)54-49-30-31-51(46-11-9-13-48(53(35)54)57(46)49)59(38-14-22-42(61-4)23-15-38)39-16-24-43(62-5)25-17-39/h8-34H,1-7H3. The molecule has 11 rings (SSSR count). The van der Waals surface area contributed by atoms with E-state index in [1.54, 1.807) is 28.4 Å². The first-order chi connectivity index (χ1) is 31.2. The van der Waals surface area contributed by atoms with Crippen LogP contribution in [0, 0.1) is 13.8 Å². The van der Waals surface area contributed by atoms with E-state index < -0.39 is 5.54 Å². The minimum Gasteiger partial charge on any atom is -0.497 e. The van der Waals surface area contributed by atoms with Crippen LogP contribution in [-0.2, 0) is 0 Å². The van der Waals surface area contributed by atoms with Crippen LogP contribution in [0.25, 0.3) is 66.0 Å². The Bertz CT molecular complexity index is 3410. The molecule has 0 spiro atoms. The van der Waals surface area contributed by atoms with E-state index in [-0.39, 0.29) is 0 Å². The number of benzene rings is 8. The maximum absolute atomic E-state index is 5.58. The van der Waals surface area contributed by atoms with Crippen molar-refractivity contribution in [1.29, 1.82) is 0 Å². The molecule has 0 aromatic heterocycles. The number of nitrogens with zero attached hydrogens (tertiary/aromatic N) is 2. The van der Waals surface area contributed by atoms with Crippen LogP contribution in [-0.4, -0.2) is 34.0 Å². The normalized spacial score (nSPS) is 14.6. The van der Waals surface area contributed by atoms with Gasteiger partial charge in [0.1, 0.15) is 23.0 Å². The van der Waals surface area contributed by atoms with E-state index in [4.69, 9.17) is 18.9 Å². The summed E-state index contributed by atoms with van der Waals surface area (Å²) in [5.41, 5.74) is 8.63. The van der Waals surface area contributed by atoms with Gasteiger partial charge in [0.2, 0.25) is 0 Å². The second-order valence-electron chi connectivity index (χ2n) is 17.0. The summed E-state index contributed by atoms with van der Waals surface area (Å²) in [4.78, 5) is 4.74. The predicted octanol–water partition coefficient (Wildman–Crippen LogP) is 14.1. The summed E-state index contributed by atoms with van der Waals surface area (Å²) >= 11 is 0. The Labute approximate surface area is 373 Å². The minimum absolute atomic E-state index is 0.548. The Morgan fingerprint density at radius 3 is 1.34 bits per heavy atom. The average molecular weight is 837 g/mol. The fourth-order valence-electron chi connectivity index (χ4n) is 10.7. The van der Waals surface area contributed by atoms with Crippen LogP contribution in [0.15, 0.2) is 152 Å². The molecule has 10 aromatic rings. The lowest BCUT2D eigenvalue weighted by atomic mass is 9.93. The number of hydrogen-bond acceptors (Lipinski definition) is 6. The van der Waals surface area contributed by atoms with Crippen LogP contribution in [0.1, 0.15) is 23.6 Å². The Balaban J connectivity index is 1.14. The maximum atomic E-state index is 5.58. The zero-order valence-corrected chi connectivity index (χ0v) is 37.1. The molecule has 10 aromatic carbocycles. The second-order valence-corrected chi connectivity index (χ2v) is 17.0. The molecule has 0 aliphatic heterocycles. The first-order valence-electron chi connectivity index (χ1n) is 21.7. The van der Waals surface area contributed by atoms with Gasteiger partial charge in [-0.15, -0.1) is 0 Å². The quantitative estimate of drug-likeness (QED) is 0.137. The Morgan fingerprint density at radius 2 is 0.828 bits per heavy atom. The molecular weight excluding hydrogens is 789 g/mol. The summed E-state index contributed by atoms with van der Waals surface area (Å²) in [5, 5.41) is 14.1. The summed E-state index contributed by atoms with van der Waals surface area (Å²) in [6, 6.07) is 51.5. The zero-order valence-electron chi connectivity index (χ0n) is 37.1. The number of anilines is 5. The molecule has 0 saturated carbocycles. The molecule has 6 heteroatoms. The third-order valence-corrected chi connectivity index (χ3v) is 13.5. The third kappa shape index (κ3) is 5.86. The Hall–Kier alpha value is -7.70. The van der Waals surface area contributed by atoms with Crippen molar-refractivity contribution in [2.45, 2.75) is 26.3 Å². The van der Waals surface area contributed by atoms with Gasteiger partial charge in [0.05, 0.1) is 39.7 Å². The lowest BCUT2D eigenvalue weighted by Crippen LogP contribution is -2.40. The number of aryl methyl sites for hydroxylation is 2. The molecule has 0 N–H and O–H groups in total. The van der Waals surface area contributed by atoms with Gasteiger partial charge < -0.3 is 28.7 Å². The monoisotopic (exact) mass is 836 g/mol. The van der Waals surface area contributed by atoms with Crippen molar-refractivity contribution >= 4 is 94.5 Å². The smallest absolute Gasteiger partial charge is 0.119 e. The average Bonchev–Trinajstić information content (AvgIpc) is 3.82. The van der Waals surface area contributed by atoms with E-state index in [9.17, 15) is 0 Å². The van der Waals surface area contributed by atoms with Crippen molar-refractivity contribution in [2.75, 3.05) is 38.2 Å². The van der Waals surface area contributed by atoms with Gasteiger partial charge in [-0.25, -0.2) is 0 Å². The van der Waals surface area contributed by atoms with Gasteiger partial charge in [-0.05, 0) is 200 Å². The van der Waals surface area contributed by atoms with Gasteiger partial charge in [-0.1, -0.05) is 54.6 Å². The highest BCUT2D eigenvalue weighted by Crippen LogP contribution is 2.51. The van der Waals surface area contributed by atoms with Crippen LogP contribution < -0.4 is 34.0 Å². The molecule has 0 bridgehead atoms. The molecule has 0 radical (unpaired) electrons. The first kappa shape index (κ1) is 39.2. The van der Waals surface area contributed by atoms with Crippen molar-refractivity contribution in [3.8, 4) is 23.0 Å². The van der Waals surface area contributed by atoms with Gasteiger partial charge >= 0.3 is 0 Å². The highest BCUT2D eigenvalue weighted by Gasteiger charge is 2.32. The SMILES string of the molecule is COc1ccc(N(c2ccc(OC)cc2)c2ccc3c4c(C)c5c6c7c(cccc7c5c(C)c4c4cccc2c34)=CC(C)(N(c2ccc(OC)cc2)c2ccc(OC)cc2)C=C6)cc1. The van der Waals surface area contributed by atoms with E-state index in [1.807, 2.05) is 48.5 Å². The lowest BCUT2D eigenvalue weighted by Gasteiger charge is -2.39. The molecule has 0 fully saturated rings. The van der Waals surface area contributed by atoms with E-state index in [0.717, 1.165) is 51.4 Å². The van der Waals surface area contributed by atoms with Crippen molar-refractivity contribution in [2.24, 2.45) is 0 Å².